The Labute approximate surface area is 139 Å². The number of hydrogen-bond donors (Lipinski definition) is 1. The molecule has 2 aromatic rings. The van der Waals surface area contributed by atoms with Crippen LogP contribution in [0.1, 0.15) is 30.5 Å². The monoisotopic (exact) mass is 310 g/mol. The zero-order valence-corrected chi connectivity index (χ0v) is 14.3. The molecule has 122 valence electrons. The number of carbonyl (C=O) groups excluding carboxylic acids is 1. The number of amides is 1. The van der Waals surface area contributed by atoms with Crippen LogP contribution in [-0.2, 0) is 17.8 Å². The summed E-state index contributed by atoms with van der Waals surface area (Å²) in [6, 6.07) is 16.4. The first-order valence-electron chi connectivity index (χ1n) is 8.29. The van der Waals surface area contributed by atoms with E-state index in [9.17, 15) is 4.79 Å². The minimum Gasteiger partial charge on any atom is -0.376 e. The van der Waals surface area contributed by atoms with E-state index in [0.29, 0.717) is 19.6 Å². The zero-order valence-electron chi connectivity index (χ0n) is 14.3. The maximum atomic E-state index is 12.5. The third-order valence-electron chi connectivity index (χ3n) is 4.11. The van der Waals surface area contributed by atoms with E-state index in [-0.39, 0.29) is 5.91 Å². The molecule has 0 aliphatic carbocycles. The van der Waals surface area contributed by atoms with Crippen LogP contribution in [0, 0.1) is 6.92 Å². The van der Waals surface area contributed by atoms with Crippen LogP contribution in [-0.4, -0.2) is 23.9 Å². The number of para-hydroxylation sites is 1. The number of benzene rings is 2. The number of likely N-dealkylation sites (N-methyl/N-ethyl adjacent to an activating group) is 1. The van der Waals surface area contributed by atoms with Crippen LogP contribution in [0.15, 0.2) is 48.5 Å². The van der Waals surface area contributed by atoms with Gasteiger partial charge in [0, 0.05) is 18.8 Å². The molecule has 0 spiro atoms. The highest BCUT2D eigenvalue weighted by atomic mass is 16.2. The minimum atomic E-state index is 0.127. The van der Waals surface area contributed by atoms with E-state index in [1.165, 1.54) is 11.1 Å². The van der Waals surface area contributed by atoms with E-state index >= 15 is 0 Å². The normalized spacial score (nSPS) is 10.4. The average molecular weight is 310 g/mol. The van der Waals surface area contributed by atoms with Crippen LogP contribution < -0.4 is 5.32 Å². The lowest BCUT2D eigenvalue weighted by molar-refractivity contribution is -0.129. The third kappa shape index (κ3) is 4.59. The van der Waals surface area contributed by atoms with Crippen LogP contribution in [0.3, 0.4) is 0 Å². The van der Waals surface area contributed by atoms with Crippen molar-refractivity contribution in [3.05, 3.63) is 65.2 Å². The maximum Gasteiger partial charge on any atom is 0.242 e. The number of hydrogen-bond acceptors (Lipinski definition) is 2. The fourth-order valence-electron chi connectivity index (χ4n) is 2.73. The smallest absolute Gasteiger partial charge is 0.242 e. The molecule has 1 amide bonds. The van der Waals surface area contributed by atoms with Gasteiger partial charge in [0.15, 0.2) is 0 Å². The van der Waals surface area contributed by atoms with Crippen molar-refractivity contribution in [3.8, 4) is 0 Å². The van der Waals surface area contributed by atoms with Gasteiger partial charge in [0.2, 0.25) is 5.91 Å². The molecule has 0 saturated heterocycles. The summed E-state index contributed by atoms with van der Waals surface area (Å²) in [7, 11) is 0. The molecule has 3 nitrogen and oxygen atoms in total. The molecule has 0 aliphatic rings. The molecule has 0 aromatic heterocycles. The summed E-state index contributed by atoms with van der Waals surface area (Å²) in [5.41, 5.74) is 4.69. The number of nitrogens with zero attached hydrogens (tertiary/aromatic N) is 1. The van der Waals surface area contributed by atoms with Crippen molar-refractivity contribution in [2.24, 2.45) is 0 Å². The highest BCUT2D eigenvalue weighted by molar-refractivity contribution is 5.81. The largest absolute Gasteiger partial charge is 0.376 e. The molecule has 3 heteroatoms. The molecule has 0 unspecified atom stereocenters. The second-order valence-electron chi connectivity index (χ2n) is 5.71. The summed E-state index contributed by atoms with van der Waals surface area (Å²) in [4.78, 5) is 14.4. The van der Waals surface area contributed by atoms with Gasteiger partial charge in [0.05, 0.1) is 6.54 Å². The van der Waals surface area contributed by atoms with Gasteiger partial charge in [-0.2, -0.15) is 0 Å². The molecule has 2 rings (SSSR count). The number of aryl methyl sites for hydroxylation is 2. The highest BCUT2D eigenvalue weighted by Gasteiger charge is 2.13. The van der Waals surface area contributed by atoms with E-state index in [2.05, 4.69) is 49.5 Å². The average Bonchev–Trinajstić information content (AvgIpc) is 2.59. The van der Waals surface area contributed by atoms with Crippen LogP contribution in [0.5, 0.6) is 0 Å². The number of carbonyl (C=O) groups is 1. The number of rotatable bonds is 7. The summed E-state index contributed by atoms with van der Waals surface area (Å²) in [5, 5.41) is 3.34. The van der Waals surface area contributed by atoms with Crippen LogP contribution >= 0.6 is 0 Å². The summed E-state index contributed by atoms with van der Waals surface area (Å²) in [6.07, 6.45) is 0.958. The summed E-state index contributed by atoms with van der Waals surface area (Å²) >= 11 is 0. The molecule has 1 N–H and O–H groups in total. The second kappa shape index (κ2) is 8.37. The van der Waals surface area contributed by atoms with E-state index in [4.69, 9.17) is 0 Å². The predicted octanol–water partition coefficient (Wildman–Crippen LogP) is 4.02. The van der Waals surface area contributed by atoms with Crippen molar-refractivity contribution >= 4 is 11.6 Å². The van der Waals surface area contributed by atoms with Crippen molar-refractivity contribution < 1.29 is 4.79 Å². The topological polar surface area (TPSA) is 32.3 Å². The van der Waals surface area contributed by atoms with Gasteiger partial charge < -0.3 is 10.2 Å². The molecule has 0 atom stereocenters. The van der Waals surface area contributed by atoms with Crippen LogP contribution in [0.4, 0.5) is 5.69 Å². The van der Waals surface area contributed by atoms with Crippen molar-refractivity contribution in [3.63, 3.8) is 0 Å². The molecule has 0 fully saturated rings. The molecule has 0 saturated carbocycles. The van der Waals surface area contributed by atoms with E-state index in [1.54, 1.807) is 0 Å². The van der Waals surface area contributed by atoms with Crippen LogP contribution in [0.2, 0.25) is 0 Å². The van der Waals surface area contributed by atoms with Crippen molar-refractivity contribution in [2.45, 2.75) is 33.7 Å². The second-order valence-corrected chi connectivity index (χ2v) is 5.71. The molecule has 0 aliphatic heterocycles. The van der Waals surface area contributed by atoms with Gasteiger partial charge in [-0.3, -0.25) is 4.79 Å². The Hall–Kier alpha value is -2.29. The molecular formula is C20H26N2O. The molecule has 23 heavy (non-hydrogen) atoms. The van der Waals surface area contributed by atoms with Crippen molar-refractivity contribution in [1.29, 1.82) is 0 Å². The predicted molar refractivity (Wildman–Crippen MR) is 96.6 cm³/mol. The van der Waals surface area contributed by atoms with Crippen LogP contribution in [0.25, 0.3) is 0 Å². The Morgan fingerprint density at radius 3 is 2.43 bits per heavy atom. The van der Waals surface area contributed by atoms with E-state index < -0.39 is 0 Å². The fourth-order valence-corrected chi connectivity index (χ4v) is 2.73. The van der Waals surface area contributed by atoms with E-state index in [1.807, 2.05) is 30.0 Å². The van der Waals surface area contributed by atoms with Gasteiger partial charge in [-0.05, 0) is 37.0 Å². The van der Waals surface area contributed by atoms with E-state index in [0.717, 1.165) is 17.7 Å². The number of nitrogens with one attached hydrogen (secondary N) is 1. The van der Waals surface area contributed by atoms with Crippen molar-refractivity contribution in [1.82, 2.24) is 4.90 Å². The van der Waals surface area contributed by atoms with Crippen molar-refractivity contribution in [2.75, 3.05) is 18.4 Å². The number of anilines is 1. The first-order valence-corrected chi connectivity index (χ1v) is 8.29. The van der Waals surface area contributed by atoms with Gasteiger partial charge in [0.1, 0.15) is 0 Å². The lowest BCUT2D eigenvalue weighted by Gasteiger charge is -2.22. The molecule has 2 aromatic carbocycles. The first kappa shape index (κ1) is 17.1. The molecule has 0 bridgehead atoms. The van der Waals surface area contributed by atoms with Gasteiger partial charge in [-0.1, -0.05) is 55.5 Å². The van der Waals surface area contributed by atoms with Gasteiger partial charge in [-0.25, -0.2) is 0 Å². The highest BCUT2D eigenvalue weighted by Crippen LogP contribution is 2.20. The first-order chi connectivity index (χ1) is 11.2. The standard InChI is InChI=1S/C20H26N2O/c1-4-18-13-9-10-16(3)20(18)21-14-19(23)22(5-2)15-17-11-7-6-8-12-17/h6-13,21H,4-5,14-15H2,1-3H3. The minimum absolute atomic E-state index is 0.127. The third-order valence-corrected chi connectivity index (χ3v) is 4.11. The summed E-state index contributed by atoms with van der Waals surface area (Å²) in [5.74, 6) is 0.127. The quantitative estimate of drug-likeness (QED) is 0.838. The molecular weight excluding hydrogens is 284 g/mol. The summed E-state index contributed by atoms with van der Waals surface area (Å²) in [6.45, 7) is 7.93. The summed E-state index contributed by atoms with van der Waals surface area (Å²) < 4.78 is 0. The Bertz CT molecular complexity index is 637. The SMILES string of the molecule is CCc1cccc(C)c1NCC(=O)N(CC)Cc1ccccc1. The molecule has 0 radical (unpaired) electrons. The Morgan fingerprint density at radius 1 is 1.04 bits per heavy atom. The molecule has 0 heterocycles. The Kier molecular flexibility index (Phi) is 6.21. The Morgan fingerprint density at radius 2 is 1.78 bits per heavy atom. The van der Waals surface area contributed by atoms with Gasteiger partial charge in [0.25, 0.3) is 0 Å². The van der Waals surface area contributed by atoms with Gasteiger partial charge >= 0.3 is 0 Å². The lowest BCUT2D eigenvalue weighted by Crippen LogP contribution is -2.35. The Balaban J connectivity index is 2.00. The van der Waals surface area contributed by atoms with Gasteiger partial charge in [-0.15, -0.1) is 0 Å². The lowest BCUT2D eigenvalue weighted by atomic mass is 10.1. The maximum absolute atomic E-state index is 12.5. The fraction of sp³-hybridized carbons (Fsp3) is 0.350. The zero-order chi connectivity index (χ0) is 16.7.